The molecule has 4 nitrogen and oxygen atoms in total. The van der Waals surface area contributed by atoms with Gasteiger partial charge in [-0.05, 0) is 26.0 Å². The number of nitrogens with two attached hydrogens (primary N) is 1. The molecule has 0 radical (unpaired) electrons. The summed E-state index contributed by atoms with van der Waals surface area (Å²) in [7, 11) is 0. The zero-order valence-electron chi connectivity index (χ0n) is 8.66. The summed E-state index contributed by atoms with van der Waals surface area (Å²) in [4.78, 5) is 3.99. The second-order valence-corrected chi connectivity index (χ2v) is 3.18. The molecule has 4 heteroatoms. The Hall–Kier alpha value is -1.29. The SMILES string of the molecule is CCOCC(C)Nc1ccc(N)nc1. The molecule has 0 bridgehead atoms. The Kier molecular flexibility index (Phi) is 4.19. The monoisotopic (exact) mass is 195 g/mol. The van der Waals surface area contributed by atoms with Crippen LogP contribution in [-0.4, -0.2) is 24.2 Å². The van der Waals surface area contributed by atoms with Crippen molar-refractivity contribution in [3.8, 4) is 0 Å². The molecule has 1 atom stereocenters. The summed E-state index contributed by atoms with van der Waals surface area (Å²) >= 11 is 0. The van der Waals surface area contributed by atoms with Crippen LogP contribution in [0.5, 0.6) is 0 Å². The van der Waals surface area contributed by atoms with Crippen molar-refractivity contribution in [1.82, 2.24) is 4.98 Å². The third-order valence-corrected chi connectivity index (χ3v) is 1.77. The number of hydrogen-bond donors (Lipinski definition) is 2. The normalized spacial score (nSPS) is 12.4. The van der Waals surface area contributed by atoms with Crippen LogP contribution in [0.2, 0.25) is 0 Å². The van der Waals surface area contributed by atoms with Crippen LogP contribution in [0, 0.1) is 0 Å². The highest BCUT2D eigenvalue weighted by Crippen LogP contribution is 2.08. The topological polar surface area (TPSA) is 60.2 Å². The Bertz CT molecular complexity index is 261. The van der Waals surface area contributed by atoms with Crippen molar-refractivity contribution >= 4 is 11.5 Å². The molecule has 0 saturated carbocycles. The van der Waals surface area contributed by atoms with Gasteiger partial charge < -0.3 is 15.8 Å². The minimum Gasteiger partial charge on any atom is -0.384 e. The molecule has 0 fully saturated rings. The van der Waals surface area contributed by atoms with Gasteiger partial charge in [0, 0.05) is 12.6 Å². The number of nitrogens with one attached hydrogen (secondary N) is 1. The van der Waals surface area contributed by atoms with Gasteiger partial charge in [-0.15, -0.1) is 0 Å². The molecule has 0 amide bonds. The maximum absolute atomic E-state index is 5.47. The minimum absolute atomic E-state index is 0.278. The van der Waals surface area contributed by atoms with Gasteiger partial charge in [0.15, 0.2) is 0 Å². The predicted molar refractivity (Wildman–Crippen MR) is 58.2 cm³/mol. The van der Waals surface area contributed by atoms with Crippen LogP contribution in [0.1, 0.15) is 13.8 Å². The molecule has 1 aromatic rings. The van der Waals surface area contributed by atoms with E-state index in [1.807, 2.05) is 13.0 Å². The van der Waals surface area contributed by atoms with Gasteiger partial charge in [0.25, 0.3) is 0 Å². The van der Waals surface area contributed by atoms with Crippen LogP contribution in [0.25, 0.3) is 0 Å². The first-order chi connectivity index (χ1) is 6.72. The molecule has 1 heterocycles. The molecule has 0 aliphatic carbocycles. The van der Waals surface area contributed by atoms with Gasteiger partial charge in [-0.1, -0.05) is 0 Å². The van der Waals surface area contributed by atoms with Crippen molar-refractivity contribution in [2.24, 2.45) is 0 Å². The highest BCUT2D eigenvalue weighted by atomic mass is 16.5. The second-order valence-electron chi connectivity index (χ2n) is 3.18. The van der Waals surface area contributed by atoms with Crippen molar-refractivity contribution in [2.75, 3.05) is 24.3 Å². The van der Waals surface area contributed by atoms with Crippen molar-refractivity contribution in [2.45, 2.75) is 19.9 Å². The van der Waals surface area contributed by atoms with E-state index < -0.39 is 0 Å². The largest absolute Gasteiger partial charge is 0.384 e. The molecule has 0 aliphatic rings. The number of hydrogen-bond acceptors (Lipinski definition) is 4. The van der Waals surface area contributed by atoms with Crippen LogP contribution in [-0.2, 0) is 4.74 Å². The Balaban J connectivity index is 2.39. The Labute approximate surface area is 84.5 Å². The summed E-state index contributed by atoms with van der Waals surface area (Å²) in [6.45, 7) is 5.48. The number of rotatable bonds is 5. The van der Waals surface area contributed by atoms with Crippen LogP contribution in [0.15, 0.2) is 18.3 Å². The first-order valence-corrected chi connectivity index (χ1v) is 4.78. The molecule has 0 aliphatic heterocycles. The molecule has 1 unspecified atom stereocenters. The summed E-state index contributed by atoms with van der Waals surface area (Å²) in [6.07, 6.45) is 1.72. The first-order valence-electron chi connectivity index (χ1n) is 4.78. The van der Waals surface area contributed by atoms with Crippen molar-refractivity contribution in [3.05, 3.63) is 18.3 Å². The fraction of sp³-hybridized carbons (Fsp3) is 0.500. The minimum atomic E-state index is 0.278. The number of aromatic nitrogens is 1. The van der Waals surface area contributed by atoms with Gasteiger partial charge >= 0.3 is 0 Å². The van der Waals surface area contributed by atoms with Gasteiger partial charge in [0.1, 0.15) is 5.82 Å². The molecular weight excluding hydrogens is 178 g/mol. The molecule has 78 valence electrons. The molecule has 3 N–H and O–H groups in total. The summed E-state index contributed by atoms with van der Waals surface area (Å²) in [6, 6.07) is 3.96. The quantitative estimate of drug-likeness (QED) is 0.747. The van der Waals surface area contributed by atoms with E-state index in [1.165, 1.54) is 0 Å². The maximum Gasteiger partial charge on any atom is 0.123 e. The Morgan fingerprint density at radius 1 is 1.57 bits per heavy atom. The highest BCUT2D eigenvalue weighted by molar-refractivity contribution is 5.45. The molecular formula is C10H17N3O. The van der Waals surface area contributed by atoms with Crippen LogP contribution < -0.4 is 11.1 Å². The summed E-state index contributed by atoms with van der Waals surface area (Å²) < 4.78 is 5.28. The number of nitrogen functional groups attached to an aromatic ring is 1. The molecule has 14 heavy (non-hydrogen) atoms. The van der Waals surface area contributed by atoms with Crippen molar-refractivity contribution in [3.63, 3.8) is 0 Å². The lowest BCUT2D eigenvalue weighted by Crippen LogP contribution is -2.21. The second kappa shape index (κ2) is 5.44. The lowest BCUT2D eigenvalue weighted by molar-refractivity contribution is 0.141. The zero-order chi connectivity index (χ0) is 10.4. The summed E-state index contributed by atoms with van der Waals surface area (Å²) in [5.74, 6) is 0.535. The summed E-state index contributed by atoms with van der Waals surface area (Å²) in [5, 5.41) is 3.26. The number of nitrogens with zero attached hydrogens (tertiary/aromatic N) is 1. The molecule has 0 aromatic carbocycles. The van der Waals surface area contributed by atoms with E-state index >= 15 is 0 Å². The van der Waals surface area contributed by atoms with E-state index in [0.29, 0.717) is 12.4 Å². The maximum atomic E-state index is 5.47. The van der Waals surface area contributed by atoms with Crippen LogP contribution >= 0.6 is 0 Å². The van der Waals surface area contributed by atoms with Gasteiger partial charge in [-0.25, -0.2) is 4.98 Å². The third-order valence-electron chi connectivity index (χ3n) is 1.77. The van der Waals surface area contributed by atoms with Gasteiger partial charge in [-0.2, -0.15) is 0 Å². The molecule has 0 saturated heterocycles. The van der Waals surface area contributed by atoms with E-state index in [9.17, 15) is 0 Å². The number of anilines is 2. The van der Waals surface area contributed by atoms with Gasteiger partial charge in [0.2, 0.25) is 0 Å². The fourth-order valence-corrected chi connectivity index (χ4v) is 1.11. The average Bonchev–Trinajstić information content (AvgIpc) is 2.18. The smallest absolute Gasteiger partial charge is 0.123 e. The molecule has 1 aromatic heterocycles. The Morgan fingerprint density at radius 3 is 2.93 bits per heavy atom. The molecule has 0 spiro atoms. The zero-order valence-corrected chi connectivity index (χ0v) is 8.66. The third kappa shape index (κ3) is 3.62. The standard InChI is InChI=1S/C10H17N3O/c1-3-14-7-8(2)13-9-4-5-10(11)12-6-9/h4-6,8,13H,3,7H2,1-2H3,(H2,11,12). The van der Waals surface area contributed by atoms with Crippen LogP contribution in [0.3, 0.4) is 0 Å². The van der Waals surface area contributed by atoms with E-state index in [0.717, 1.165) is 12.3 Å². The van der Waals surface area contributed by atoms with E-state index in [4.69, 9.17) is 10.5 Å². The van der Waals surface area contributed by atoms with E-state index in [2.05, 4.69) is 17.2 Å². The lowest BCUT2D eigenvalue weighted by Gasteiger charge is -2.14. The lowest BCUT2D eigenvalue weighted by atomic mass is 10.3. The number of pyridine rings is 1. The first kappa shape index (κ1) is 10.8. The number of ether oxygens (including phenoxy) is 1. The van der Waals surface area contributed by atoms with E-state index in [1.54, 1.807) is 12.3 Å². The Morgan fingerprint density at radius 2 is 2.36 bits per heavy atom. The fourth-order valence-electron chi connectivity index (χ4n) is 1.11. The molecule has 1 rings (SSSR count). The van der Waals surface area contributed by atoms with E-state index in [-0.39, 0.29) is 6.04 Å². The predicted octanol–water partition coefficient (Wildman–Crippen LogP) is 1.50. The van der Waals surface area contributed by atoms with Crippen molar-refractivity contribution in [1.29, 1.82) is 0 Å². The van der Waals surface area contributed by atoms with Gasteiger partial charge in [-0.3, -0.25) is 0 Å². The van der Waals surface area contributed by atoms with Crippen LogP contribution in [0.4, 0.5) is 11.5 Å². The van der Waals surface area contributed by atoms with Crippen molar-refractivity contribution < 1.29 is 4.74 Å². The van der Waals surface area contributed by atoms with Gasteiger partial charge in [0.05, 0.1) is 18.5 Å². The highest BCUT2D eigenvalue weighted by Gasteiger charge is 2.01. The summed E-state index contributed by atoms with van der Waals surface area (Å²) in [5.41, 5.74) is 6.44. The average molecular weight is 195 g/mol.